The minimum atomic E-state index is 0.0348. The molecule has 20 heavy (non-hydrogen) atoms. The molecule has 1 unspecified atom stereocenters. The van der Waals surface area contributed by atoms with E-state index in [4.69, 9.17) is 0 Å². The Bertz CT molecular complexity index is 559. The van der Waals surface area contributed by atoms with E-state index in [-0.39, 0.29) is 11.9 Å². The molecule has 1 aromatic carbocycles. The average Bonchev–Trinajstić information content (AvgIpc) is 2.93. The van der Waals surface area contributed by atoms with Crippen LogP contribution in [0.4, 0.5) is 0 Å². The lowest BCUT2D eigenvalue weighted by Gasteiger charge is -2.18. The van der Waals surface area contributed by atoms with Crippen LogP contribution in [0.2, 0.25) is 0 Å². The molecule has 1 amide bonds. The maximum atomic E-state index is 12.5. The highest BCUT2D eigenvalue weighted by Crippen LogP contribution is 2.17. The minimum absolute atomic E-state index is 0.0348. The van der Waals surface area contributed by atoms with Crippen LogP contribution < -0.4 is 5.32 Å². The summed E-state index contributed by atoms with van der Waals surface area (Å²) in [5.74, 6) is 0.0348. The number of carbonyl (C=O) groups excluding carboxylic acids is 1. The molecular weight excluding hydrogens is 248 g/mol. The smallest absolute Gasteiger partial charge is 0.253 e. The fourth-order valence-corrected chi connectivity index (χ4v) is 2.62. The van der Waals surface area contributed by atoms with Crippen molar-refractivity contribution < 1.29 is 4.79 Å². The maximum absolute atomic E-state index is 12.5. The van der Waals surface area contributed by atoms with Crippen molar-refractivity contribution in [3.05, 3.63) is 36.0 Å². The van der Waals surface area contributed by atoms with Gasteiger partial charge in [-0.3, -0.25) is 4.79 Å². The summed E-state index contributed by atoms with van der Waals surface area (Å²) in [6.45, 7) is 4.35. The van der Waals surface area contributed by atoms with Gasteiger partial charge in [0.15, 0.2) is 0 Å². The quantitative estimate of drug-likeness (QED) is 0.777. The van der Waals surface area contributed by atoms with E-state index in [0.29, 0.717) is 0 Å². The van der Waals surface area contributed by atoms with E-state index >= 15 is 0 Å². The van der Waals surface area contributed by atoms with Gasteiger partial charge < -0.3 is 10.3 Å². The van der Waals surface area contributed by atoms with Crippen molar-refractivity contribution in [1.82, 2.24) is 10.3 Å². The van der Waals surface area contributed by atoms with Gasteiger partial charge in [-0.2, -0.15) is 0 Å². The third-order valence-corrected chi connectivity index (χ3v) is 3.71. The molecule has 3 heteroatoms. The summed E-state index contributed by atoms with van der Waals surface area (Å²) in [6.07, 6.45) is 7.42. The first kappa shape index (κ1) is 14.6. The molecule has 0 spiro atoms. The minimum Gasteiger partial charge on any atom is -0.361 e. The molecule has 2 aromatic rings. The van der Waals surface area contributed by atoms with Crippen molar-refractivity contribution in [2.24, 2.45) is 0 Å². The first-order valence-electron chi connectivity index (χ1n) is 7.63. The molecule has 0 aliphatic rings. The first-order chi connectivity index (χ1) is 9.76. The number of carbonyl (C=O) groups is 1. The molecule has 0 aliphatic heterocycles. The second-order valence-corrected chi connectivity index (χ2v) is 5.35. The van der Waals surface area contributed by atoms with Gasteiger partial charge in [0.25, 0.3) is 5.91 Å². The maximum Gasteiger partial charge on any atom is 0.253 e. The van der Waals surface area contributed by atoms with E-state index in [1.54, 1.807) is 0 Å². The van der Waals surface area contributed by atoms with Crippen molar-refractivity contribution in [3.63, 3.8) is 0 Å². The Balaban J connectivity index is 2.11. The van der Waals surface area contributed by atoms with Crippen molar-refractivity contribution in [3.8, 4) is 0 Å². The molecule has 1 heterocycles. The Kier molecular flexibility index (Phi) is 5.22. The van der Waals surface area contributed by atoms with E-state index in [1.807, 2.05) is 30.5 Å². The van der Waals surface area contributed by atoms with Gasteiger partial charge in [-0.25, -0.2) is 0 Å². The molecule has 0 aliphatic carbocycles. The predicted molar refractivity (Wildman–Crippen MR) is 84.0 cm³/mol. The summed E-state index contributed by atoms with van der Waals surface area (Å²) < 4.78 is 0. The number of aromatic nitrogens is 1. The molecule has 0 saturated heterocycles. The summed E-state index contributed by atoms with van der Waals surface area (Å²) in [6, 6.07) is 8.12. The number of hydrogen-bond donors (Lipinski definition) is 2. The number of aromatic amines is 1. The number of rotatable bonds is 7. The van der Waals surface area contributed by atoms with E-state index < -0.39 is 0 Å². The fourth-order valence-electron chi connectivity index (χ4n) is 2.62. The molecule has 2 rings (SSSR count). The van der Waals surface area contributed by atoms with Gasteiger partial charge in [0.05, 0.1) is 11.1 Å². The Labute approximate surface area is 120 Å². The van der Waals surface area contributed by atoms with Gasteiger partial charge in [-0.1, -0.05) is 45.2 Å². The normalized spacial score (nSPS) is 12.5. The molecule has 1 atom stereocenters. The fraction of sp³-hybridized carbons (Fsp3) is 0.471. The second-order valence-electron chi connectivity index (χ2n) is 5.35. The van der Waals surface area contributed by atoms with Crippen molar-refractivity contribution in [1.29, 1.82) is 0 Å². The highest BCUT2D eigenvalue weighted by atomic mass is 16.1. The van der Waals surface area contributed by atoms with Crippen LogP contribution in [-0.2, 0) is 0 Å². The second kappa shape index (κ2) is 7.13. The van der Waals surface area contributed by atoms with Crippen LogP contribution in [0.25, 0.3) is 10.9 Å². The summed E-state index contributed by atoms with van der Waals surface area (Å²) in [5.41, 5.74) is 1.67. The van der Waals surface area contributed by atoms with Crippen LogP contribution >= 0.6 is 0 Å². The SMILES string of the molecule is CCCCC(CCC)NC(=O)c1cccc2cc[nH]c12. The van der Waals surface area contributed by atoms with Crippen LogP contribution in [0.15, 0.2) is 30.5 Å². The molecule has 2 N–H and O–H groups in total. The van der Waals surface area contributed by atoms with E-state index in [0.717, 1.165) is 42.1 Å². The predicted octanol–water partition coefficient (Wildman–Crippen LogP) is 4.26. The number of unbranched alkanes of at least 4 members (excludes halogenated alkanes) is 1. The topological polar surface area (TPSA) is 44.9 Å². The van der Waals surface area contributed by atoms with Crippen LogP contribution in [0.1, 0.15) is 56.3 Å². The molecular formula is C17H24N2O. The van der Waals surface area contributed by atoms with Gasteiger partial charge in [0.1, 0.15) is 0 Å². The number of para-hydroxylation sites is 1. The molecule has 108 valence electrons. The van der Waals surface area contributed by atoms with Crippen molar-refractivity contribution in [2.75, 3.05) is 0 Å². The monoisotopic (exact) mass is 272 g/mol. The molecule has 0 fully saturated rings. The van der Waals surface area contributed by atoms with E-state index in [1.165, 1.54) is 6.42 Å². The third-order valence-electron chi connectivity index (χ3n) is 3.71. The highest BCUT2D eigenvalue weighted by molar-refractivity contribution is 6.05. The summed E-state index contributed by atoms with van der Waals surface area (Å²) >= 11 is 0. The zero-order valence-corrected chi connectivity index (χ0v) is 12.4. The third kappa shape index (κ3) is 3.41. The lowest BCUT2D eigenvalue weighted by Crippen LogP contribution is -2.34. The van der Waals surface area contributed by atoms with Crippen molar-refractivity contribution in [2.45, 2.75) is 52.0 Å². The number of hydrogen-bond acceptors (Lipinski definition) is 1. The lowest BCUT2D eigenvalue weighted by molar-refractivity contribution is 0.0933. The lowest BCUT2D eigenvalue weighted by atomic mass is 10.0. The first-order valence-corrected chi connectivity index (χ1v) is 7.63. The van der Waals surface area contributed by atoms with Gasteiger partial charge >= 0.3 is 0 Å². The van der Waals surface area contributed by atoms with Gasteiger partial charge in [0, 0.05) is 17.6 Å². The molecule has 3 nitrogen and oxygen atoms in total. The number of amides is 1. The Hall–Kier alpha value is -1.77. The van der Waals surface area contributed by atoms with Crippen LogP contribution in [0.3, 0.4) is 0 Å². The zero-order valence-electron chi connectivity index (χ0n) is 12.4. The van der Waals surface area contributed by atoms with Crippen LogP contribution in [0, 0.1) is 0 Å². The number of benzene rings is 1. The number of H-pyrrole nitrogens is 1. The number of fused-ring (bicyclic) bond motifs is 1. The van der Waals surface area contributed by atoms with Gasteiger partial charge in [-0.05, 0) is 25.0 Å². The molecule has 0 radical (unpaired) electrons. The summed E-state index contributed by atoms with van der Waals surface area (Å²) in [7, 11) is 0. The average molecular weight is 272 g/mol. The number of nitrogens with one attached hydrogen (secondary N) is 2. The van der Waals surface area contributed by atoms with Gasteiger partial charge in [-0.15, -0.1) is 0 Å². The van der Waals surface area contributed by atoms with E-state index in [2.05, 4.69) is 24.1 Å². The molecule has 0 saturated carbocycles. The Morgan fingerprint density at radius 2 is 2.05 bits per heavy atom. The van der Waals surface area contributed by atoms with E-state index in [9.17, 15) is 4.79 Å². The largest absolute Gasteiger partial charge is 0.361 e. The standard InChI is InChI=1S/C17H24N2O/c1-3-5-9-14(7-4-2)19-17(20)15-10-6-8-13-11-12-18-16(13)15/h6,8,10-12,14,18H,3-5,7,9H2,1-2H3,(H,19,20). The highest BCUT2D eigenvalue weighted by Gasteiger charge is 2.15. The molecule has 1 aromatic heterocycles. The zero-order chi connectivity index (χ0) is 14.4. The molecule has 0 bridgehead atoms. The van der Waals surface area contributed by atoms with Gasteiger partial charge in [0.2, 0.25) is 0 Å². The summed E-state index contributed by atoms with van der Waals surface area (Å²) in [4.78, 5) is 15.6. The summed E-state index contributed by atoms with van der Waals surface area (Å²) in [5, 5.41) is 4.27. The van der Waals surface area contributed by atoms with Crippen LogP contribution in [0.5, 0.6) is 0 Å². The Morgan fingerprint density at radius 3 is 2.80 bits per heavy atom. The Morgan fingerprint density at radius 1 is 1.20 bits per heavy atom. The van der Waals surface area contributed by atoms with Crippen molar-refractivity contribution >= 4 is 16.8 Å². The van der Waals surface area contributed by atoms with Crippen LogP contribution in [-0.4, -0.2) is 16.9 Å².